The van der Waals surface area contributed by atoms with E-state index in [9.17, 15) is 0 Å². The third kappa shape index (κ3) is 6.29. The second-order valence-corrected chi connectivity index (χ2v) is 19.1. The average molecular weight is 918 g/mol. The average Bonchev–Trinajstić information content (AvgIpc) is 4.14. The minimum Gasteiger partial charge on any atom is -0.464 e. The first kappa shape index (κ1) is 41.7. The van der Waals surface area contributed by atoms with Gasteiger partial charge in [-0.3, -0.25) is 0 Å². The first-order chi connectivity index (χ1) is 35.7. The van der Waals surface area contributed by atoms with Crippen LogP contribution < -0.4 is 4.90 Å². The van der Waals surface area contributed by atoms with Crippen molar-refractivity contribution in [3.63, 3.8) is 0 Å². The molecule has 338 valence electrons. The fraction of sp³-hybridized carbons (Fsp3) is 0.0286. The van der Waals surface area contributed by atoms with Gasteiger partial charge in [0.2, 0.25) is 0 Å². The predicted octanol–water partition coefficient (Wildman–Crippen LogP) is 18.0. The predicted molar refractivity (Wildman–Crippen MR) is 296 cm³/mol. The van der Waals surface area contributed by atoms with Crippen LogP contribution in [0.15, 0.2) is 290 Å². The Labute approximate surface area is 420 Å². The van der Waals surface area contributed by atoms with Crippen LogP contribution in [0, 0.1) is 0 Å². The van der Waals surface area contributed by atoms with Crippen molar-refractivity contribution >= 4 is 28.0 Å². The topological polar surface area (TPSA) is 16.4 Å². The molecule has 0 atom stereocenters. The van der Waals surface area contributed by atoms with Gasteiger partial charge >= 0.3 is 0 Å². The molecule has 1 heterocycles. The summed E-state index contributed by atoms with van der Waals surface area (Å²) in [6.07, 6.45) is 1.75. The Hall–Kier alpha value is -9.24. The van der Waals surface area contributed by atoms with Gasteiger partial charge in [0, 0.05) is 22.4 Å². The summed E-state index contributed by atoms with van der Waals surface area (Å²) in [5, 5.41) is 1.11. The molecule has 0 radical (unpaired) electrons. The molecule has 0 aliphatic heterocycles. The zero-order valence-corrected chi connectivity index (χ0v) is 39.5. The van der Waals surface area contributed by atoms with Gasteiger partial charge in [0.15, 0.2) is 0 Å². The van der Waals surface area contributed by atoms with Gasteiger partial charge in [-0.25, -0.2) is 0 Å². The summed E-state index contributed by atoms with van der Waals surface area (Å²) >= 11 is 0. The number of fused-ring (bicyclic) bond motifs is 7. The minimum atomic E-state index is -0.550. The Morgan fingerprint density at radius 1 is 0.264 bits per heavy atom. The first-order valence-electron chi connectivity index (χ1n) is 24.9. The molecule has 2 nitrogen and oxygen atoms in total. The highest BCUT2D eigenvalue weighted by Gasteiger charge is 2.48. The molecule has 0 fully saturated rings. The minimum absolute atomic E-state index is 0.550. The van der Waals surface area contributed by atoms with Crippen LogP contribution in [0.25, 0.3) is 55.5 Å². The fourth-order valence-electron chi connectivity index (χ4n) is 12.4. The van der Waals surface area contributed by atoms with E-state index in [0.717, 1.165) is 50.3 Å². The van der Waals surface area contributed by atoms with Crippen molar-refractivity contribution in [2.24, 2.45) is 0 Å². The molecule has 0 N–H and O–H groups in total. The molecule has 2 aliphatic carbocycles. The first-order valence-corrected chi connectivity index (χ1v) is 24.9. The van der Waals surface area contributed by atoms with Gasteiger partial charge in [0.1, 0.15) is 5.58 Å². The molecule has 1 aromatic heterocycles. The summed E-state index contributed by atoms with van der Waals surface area (Å²) in [5.74, 6) is 0. The third-order valence-electron chi connectivity index (χ3n) is 15.5. The smallest absolute Gasteiger partial charge is 0.134 e. The van der Waals surface area contributed by atoms with E-state index >= 15 is 0 Å². The van der Waals surface area contributed by atoms with Crippen molar-refractivity contribution < 1.29 is 4.42 Å². The number of benzene rings is 11. The van der Waals surface area contributed by atoms with Crippen LogP contribution in [-0.2, 0) is 10.8 Å². The third-order valence-corrected chi connectivity index (χ3v) is 15.5. The number of hydrogen-bond donors (Lipinski definition) is 0. The van der Waals surface area contributed by atoms with E-state index in [1.807, 2.05) is 6.07 Å². The standard InChI is InChI=1S/C70H47NO/c1-5-17-53(18-6-1)69(54-19-7-2-8-20-54)64-27-15-13-25-60(64)62-41-39-58(46-66(62)69)71(57-37-35-49(36-38-57)48-29-31-50(32-30-48)52-34-33-51-43-44-72-68(51)45-52)59-40-42-63-61-26-14-16-28-65(61)70(67(63)47-59,55-21-9-3-10-22-55)56-23-11-4-12-24-56/h1-47H. The van der Waals surface area contributed by atoms with Crippen molar-refractivity contribution in [2.45, 2.75) is 10.8 Å². The quantitative estimate of drug-likeness (QED) is 0.143. The van der Waals surface area contributed by atoms with Gasteiger partial charge in [-0.1, -0.05) is 231 Å². The van der Waals surface area contributed by atoms with Crippen LogP contribution >= 0.6 is 0 Å². The van der Waals surface area contributed by atoms with Gasteiger partial charge in [-0.05, 0) is 138 Å². The van der Waals surface area contributed by atoms with Gasteiger partial charge < -0.3 is 9.32 Å². The zero-order valence-electron chi connectivity index (χ0n) is 39.5. The molecule has 2 aliphatic rings. The van der Waals surface area contributed by atoms with Crippen LogP contribution in [0.5, 0.6) is 0 Å². The highest BCUT2D eigenvalue weighted by Crippen LogP contribution is 2.59. The molecule has 0 saturated heterocycles. The van der Waals surface area contributed by atoms with Crippen molar-refractivity contribution in [3.8, 4) is 44.5 Å². The number of anilines is 3. The number of rotatable bonds is 9. The molecule has 0 saturated carbocycles. The summed E-state index contributed by atoms with van der Waals surface area (Å²) < 4.78 is 5.74. The maximum Gasteiger partial charge on any atom is 0.134 e. The highest BCUT2D eigenvalue weighted by molar-refractivity contribution is 5.93. The second kappa shape index (κ2) is 16.7. The van der Waals surface area contributed by atoms with Crippen molar-refractivity contribution in [3.05, 3.63) is 330 Å². The summed E-state index contributed by atoms with van der Waals surface area (Å²) in [7, 11) is 0. The van der Waals surface area contributed by atoms with Crippen molar-refractivity contribution in [1.82, 2.24) is 0 Å². The van der Waals surface area contributed by atoms with Gasteiger partial charge in [0.25, 0.3) is 0 Å². The lowest BCUT2D eigenvalue weighted by atomic mass is 9.67. The molecule has 11 aromatic carbocycles. The number of nitrogens with zero attached hydrogens (tertiary/aromatic N) is 1. The highest BCUT2D eigenvalue weighted by atomic mass is 16.3. The SMILES string of the molecule is c1ccc(C2(c3ccccc3)c3ccccc3-c3ccc(N(c4ccc(-c5ccc(-c6ccc7ccoc7c6)cc5)cc4)c4ccc5c(c4)C(c4ccccc4)(c4ccccc4)c4ccccc4-5)cc32)cc1. The number of hydrogen-bond acceptors (Lipinski definition) is 2. The van der Waals surface area contributed by atoms with Gasteiger partial charge in [-0.15, -0.1) is 0 Å². The Morgan fingerprint density at radius 2 is 0.625 bits per heavy atom. The largest absolute Gasteiger partial charge is 0.464 e. The Balaban J connectivity index is 0.974. The van der Waals surface area contributed by atoms with Crippen LogP contribution in [-0.4, -0.2) is 0 Å². The van der Waals surface area contributed by atoms with Crippen LogP contribution in [0.2, 0.25) is 0 Å². The summed E-state index contributed by atoms with van der Waals surface area (Å²) in [6.45, 7) is 0. The fourth-order valence-corrected chi connectivity index (χ4v) is 12.4. The molecule has 12 aromatic rings. The summed E-state index contributed by atoms with van der Waals surface area (Å²) in [6, 6.07) is 103. The zero-order chi connectivity index (χ0) is 47.6. The maximum atomic E-state index is 5.74. The van der Waals surface area contributed by atoms with E-state index in [4.69, 9.17) is 4.42 Å². The molecule has 0 bridgehead atoms. The monoisotopic (exact) mass is 917 g/mol. The van der Waals surface area contributed by atoms with Crippen LogP contribution in [0.4, 0.5) is 17.1 Å². The van der Waals surface area contributed by atoms with Gasteiger partial charge in [0.05, 0.1) is 17.1 Å². The van der Waals surface area contributed by atoms with E-state index in [2.05, 4.69) is 278 Å². The summed E-state index contributed by atoms with van der Waals surface area (Å²) in [5.41, 5.74) is 22.8. The normalized spacial score (nSPS) is 13.5. The molecule has 72 heavy (non-hydrogen) atoms. The lowest BCUT2D eigenvalue weighted by molar-refractivity contribution is 0.616. The van der Waals surface area contributed by atoms with E-state index in [1.165, 1.54) is 66.8 Å². The van der Waals surface area contributed by atoms with E-state index < -0.39 is 10.8 Å². The molecule has 0 amide bonds. The Bertz CT molecular complexity index is 3690. The molecule has 2 heteroatoms. The maximum absolute atomic E-state index is 5.74. The molecule has 0 unspecified atom stereocenters. The van der Waals surface area contributed by atoms with Gasteiger partial charge in [-0.2, -0.15) is 0 Å². The van der Waals surface area contributed by atoms with Crippen LogP contribution in [0.3, 0.4) is 0 Å². The lowest BCUT2D eigenvalue weighted by Gasteiger charge is -2.36. The molecular weight excluding hydrogens is 871 g/mol. The van der Waals surface area contributed by atoms with Crippen molar-refractivity contribution in [2.75, 3.05) is 4.90 Å². The van der Waals surface area contributed by atoms with E-state index in [0.29, 0.717) is 0 Å². The van der Waals surface area contributed by atoms with Crippen molar-refractivity contribution in [1.29, 1.82) is 0 Å². The Morgan fingerprint density at radius 3 is 1.08 bits per heavy atom. The molecule has 0 spiro atoms. The van der Waals surface area contributed by atoms with E-state index in [1.54, 1.807) is 6.26 Å². The number of furan rings is 1. The van der Waals surface area contributed by atoms with E-state index in [-0.39, 0.29) is 0 Å². The van der Waals surface area contributed by atoms with Crippen LogP contribution in [0.1, 0.15) is 44.5 Å². The summed E-state index contributed by atoms with van der Waals surface area (Å²) in [4.78, 5) is 2.48. The molecule has 14 rings (SSSR count). The lowest BCUT2D eigenvalue weighted by Crippen LogP contribution is -2.29. The molecular formula is C70H47NO. The second-order valence-electron chi connectivity index (χ2n) is 19.1. The Kier molecular flexibility index (Phi) is 9.69.